The molecule has 5 rings (SSSR count). The van der Waals surface area contributed by atoms with Crippen LogP contribution in [0.2, 0.25) is 0 Å². The lowest BCUT2D eigenvalue weighted by Crippen LogP contribution is -2.23. The summed E-state index contributed by atoms with van der Waals surface area (Å²) >= 11 is 0. The highest BCUT2D eigenvalue weighted by molar-refractivity contribution is 5.85. The van der Waals surface area contributed by atoms with Gasteiger partial charge in [0.1, 0.15) is 36.0 Å². The number of hydrogen-bond acceptors (Lipinski definition) is 10. The predicted molar refractivity (Wildman–Crippen MR) is 312 cm³/mol. The van der Waals surface area contributed by atoms with E-state index in [9.17, 15) is 28.8 Å². The van der Waals surface area contributed by atoms with Crippen LogP contribution in [0.5, 0.6) is 0 Å². The standard InChI is InChI=1S/2C14H26O2.C13H22O2.C13H24O2.C12H22O2/c1-2-3-4-5-6-7-8-10-13-11-9-12-14(15)16-13;1-2-3-4-5-6-7-8-9-10-13-11-12-14(15)16-13;1-3-4-5-6-12-11(9-10(2)14)7-8-13(12)15;1-2-3-4-5-6-7-8-9-12-10-11-13(14)15-12;1-2-3-4-5-6-7-8-11-9-10-12(13)14-11/h2*13H,2-12H2,1H3;11-12H,3-9H2,1-2H3;12H,2-11H2,1H3;11H,2-10H2,1H3. The number of rotatable bonds is 38. The molecule has 0 spiro atoms. The second-order valence-corrected chi connectivity index (χ2v) is 23.4. The van der Waals surface area contributed by atoms with Crippen molar-refractivity contribution in [3.8, 4) is 0 Å². The molecule has 4 heterocycles. The molecule has 0 N–H and O–H groups in total. The van der Waals surface area contributed by atoms with E-state index in [0.717, 1.165) is 77.0 Å². The molecule has 444 valence electrons. The normalized spacial score (nSPS) is 21.7. The number of carbonyl (C=O) groups is 6. The average Bonchev–Trinajstić information content (AvgIpc) is 4.22. The molecule has 0 aromatic rings. The Morgan fingerprint density at radius 2 is 0.618 bits per heavy atom. The highest BCUT2D eigenvalue weighted by Gasteiger charge is 2.34. The van der Waals surface area contributed by atoms with Crippen LogP contribution in [0.4, 0.5) is 0 Å². The molecular weight excluding hydrogens is 953 g/mol. The molecule has 4 saturated heterocycles. The molecule has 5 aliphatic rings. The van der Waals surface area contributed by atoms with E-state index >= 15 is 0 Å². The van der Waals surface area contributed by atoms with Crippen LogP contribution in [-0.4, -0.2) is 59.9 Å². The maximum absolute atomic E-state index is 11.6. The first-order chi connectivity index (χ1) is 36.9. The maximum atomic E-state index is 11.6. The highest BCUT2D eigenvalue weighted by atomic mass is 16.6. The Morgan fingerprint density at radius 3 is 0.921 bits per heavy atom. The number of hydrogen-bond donors (Lipinski definition) is 0. The molecule has 0 aromatic carbocycles. The second-order valence-electron chi connectivity index (χ2n) is 23.4. The Morgan fingerprint density at radius 1 is 0.342 bits per heavy atom. The van der Waals surface area contributed by atoms with E-state index in [1.54, 1.807) is 6.92 Å². The summed E-state index contributed by atoms with van der Waals surface area (Å²) in [5.41, 5.74) is 0. The van der Waals surface area contributed by atoms with Crippen molar-refractivity contribution in [2.75, 3.05) is 0 Å². The van der Waals surface area contributed by atoms with Crippen molar-refractivity contribution < 1.29 is 47.7 Å². The summed E-state index contributed by atoms with van der Waals surface area (Å²) < 4.78 is 20.8. The van der Waals surface area contributed by atoms with Gasteiger partial charge in [0.05, 0.1) is 0 Å². The molecule has 10 nitrogen and oxygen atoms in total. The van der Waals surface area contributed by atoms with Gasteiger partial charge in [0.15, 0.2) is 0 Å². The number of esters is 4. The topological polar surface area (TPSA) is 139 Å². The fraction of sp³-hybridized carbons (Fsp3) is 0.909. The molecule has 6 unspecified atom stereocenters. The Bertz CT molecular complexity index is 1450. The second kappa shape index (κ2) is 50.4. The fourth-order valence-corrected chi connectivity index (χ4v) is 11.3. The maximum Gasteiger partial charge on any atom is 0.306 e. The molecule has 0 amide bonds. The Labute approximate surface area is 467 Å². The van der Waals surface area contributed by atoms with Crippen molar-refractivity contribution in [2.24, 2.45) is 11.8 Å². The number of unbranched alkanes of at least 4 members (excludes halogenated alkanes) is 26. The van der Waals surface area contributed by atoms with E-state index in [1.165, 1.54) is 193 Å². The van der Waals surface area contributed by atoms with Gasteiger partial charge >= 0.3 is 23.9 Å². The molecule has 1 aliphatic carbocycles. The minimum absolute atomic E-state index is 0.000910. The molecule has 76 heavy (non-hydrogen) atoms. The van der Waals surface area contributed by atoms with Gasteiger partial charge in [-0.05, 0) is 109 Å². The first kappa shape index (κ1) is 71.2. The number of carbonyl (C=O) groups excluding carboxylic acids is 6. The largest absolute Gasteiger partial charge is 0.462 e. The third-order valence-corrected chi connectivity index (χ3v) is 16.0. The Hall–Kier alpha value is -2.78. The van der Waals surface area contributed by atoms with E-state index in [1.807, 2.05) is 0 Å². The van der Waals surface area contributed by atoms with E-state index < -0.39 is 0 Å². The van der Waals surface area contributed by atoms with E-state index in [4.69, 9.17) is 18.9 Å². The van der Waals surface area contributed by atoms with Crippen molar-refractivity contribution >= 4 is 35.4 Å². The van der Waals surface area contributed by atoms with Crippen LogP contribution in [0.1, 0.15) is 350 Å². The first-order valence-corrected chi connectivity index (χ1v) is 32.8. The van der Waals surface area contributed by atoms with Crippen molar-refractivity contribution in [3.05, 3.63) is 0 Å². The zero-order valence-corrected chi connectivity index (χ0v) is 50.5. The monoisotopic (exact) mass is 1070 g/mol. The van der Waals surface area contributed by atoms with Gasteiger partial charge in [-0.2, -0.15) is 0 Å². The summed E-state index contributed by atoms with van der Waals surface area (Å²) in [5, 5.41) is 0. The summed E-state index contributed by atoms with van der Waals surface area (Å²) in [6, 6.07) is 0. The van der Waals surface area contributed by atoms with Crippen LogP contribution in [0.25, 0.3) is 0 Å². The summed E-state index contributed by atoms with van der Waals surface area (Å²) in [4.78, 5) is 66.3. The molecule has 6 atom stereocenters. The van der Waals surface area contributed by atoms with Crippen LogP contribution in [0.3, 0.4) is 0 Å². The molecule has 0 bridgehead atoms. The summed E-state index contributed by atoms with van der Waals surface area (Å²) in [6.45, 7) is 12.8. The van der Waals surface area contributed by atoms with E-state index in [-0.39, 0.29) is 60.0 Å². The zero-order valence-electron chi connectivity index (χ0n) is 50.5. The van der Waals surface area contributed by atoms with Gasteiger partial charge in [0.25, 0.3) is 0 Å². The molecular formula is C66H120O10. The van der Waals surface area contributed by atoms with Crippen LogP contribution < -0.4 is 0 Å². The highest BCUT2D eigenvalue weighted by Crippen LogP contribution is 2.35. The van der Waals surface area contributed by atoms with Crippen molar-refractivity contribution in [1.29, 1.82) is 0 Å². The minimum atomic E-state index is 0.000910. The average molecular weight is 1070 g/mol. The summed E-state index contributed by atoms with van der Waals surface area (Å²) in [6.07, 6.45) is 56.9. The summed E-state index contributed by atoms with van der Waals surface area (Å²) in [7, 11) is 0. The van der Waals surface area contributed by atoms with Gasteiger partial charge in [-0.15, -0.1) is 0 Å². The van der Waals surface area contributed by atoms with E-state index in [0.29, 0.717) is 50.2 Å². The van der Waals surface area contributed by atoms with Crippen molar-refractivity contribution in [3.63, 3.8) is 0 Å². The third kappa shape index (κ3) is 41.3. The molecule has 0 aromatic heterocycles. The lowest BCUT2D eigenvalue weighted by Gasteiger charge is -2.21. The SMILES string of the molecule is CCCCCC1C(=O)CCC1CC(C)=O.CCCCCCCCC1CCC(=O)O1.CCCCCCCCCC1CCC(=O)O1.CCCCCCCCCC1CCCC(=O)O1.CCCCCCCCCCC1CCC(=O)O1. The van der Waals surface area contributed by atoms with Gasteiger partial charge in [0, 0.05) is 44.4 Å². The zero-order chi connectivity index (χ0) is 55.7. The van der Waals surface area contributed by atoms with Gasteiger partial charge in [-0.25, -0.2) is 0 Å². The first-order valence-electron chi connectivity index (χ1n) is 32.8. The van der Waals surface area contributed by atoms with Crippen molar-refractivity contribution in [1.82, 2.24) is 0 Å². The number of Topliss-reactive ketones (excluding diaryl/α,β-unsaturated/α-hetero) is 2. The summed E-state index contributed by atoms with van der Waals surface area (Å²) in [5.74, 6) is 1.20. The van der Waals surface area contributed by atoms with Crippen LogP contribution in [0, 0.1) is 11.8 Å². The fourth-order valence-electron chi connectivity index (χ4n) is 11.3. The molecule has 10 heteroatoms. The Kier molecular flexibility index (Phi) is 47.3. The third-order valence-electron chi connectivity index (χ3n) is 16.0. The van der Waals surface area contributed by atoms with Crippen LogP contribution in [0.15, 0.2) is 0 Å². The van der Waals surface area contributed by atoms with E-state index in [2.05, 4.69) is 34.6 Å². The van der Waals surface area contributed by atoms with Crippen molar-refractivity contribution in [2.45, 2.75) is 374 Å². The lowest BCUT2D eigenvalue weighted by atomic mass is 9.87. The number of cyclic esters (lactones) is 4. The lowest BCUT2D eigenvalue weighted by molar-refractivity contribution is -0.154. The molecule has 4 aliphatic heterocycles. The molecule has 5 fully saturated rings. The van der Waals surface area contributed by atoms with Gasteiger partial charge in [-0.1, -0.05) is 208 Å². The van der Waals surface area contributed by atoms with Crippen LogP contribution >= 0.6 is 0 Å². The van der Waals surface area contributed by atoms with Gasteiger partial charge in [-0.3, -0.25) is 24.0 Å². The molecule has 0 radical (unpaired) electrons. The Balaban J connectivity index is 0.000000475. The quantitative estimate of drug-likeness (QED) is 0.0333. The predicted octanol–water partition coefficient (Wildman–Crippen LogP) is 18.9. The van der Waals surface area contributed by atoms with Gasteiger partial charge < -0.3 is 23.7 Å². The smallest absolute Gasteiger partial charge is 0.306 e. The molecule has 1 saturated carbocycles. The number of ether oxygens (including phenoxy) is 4. The number of ketones is 2. The van der Waals surface area contributed by atoms with Gasteiger partial charge in [0.2, 0.25) is 0 Å². The van der Waals surface area contributed by atoms with Crippen LogP contribution in [-0.2, 0) is 47.7 Å². The minimum Gasteiger partial charge on any atom is -0.462 e.